The number of carboxylic acids is 1. The molecule has 0 aliphatic rings. The van der Waals surface area contributed by atoms with Gasteiger partial charge in [-0.25, -0.2) is 4.98 Å². The molecular formula is C28H26N2O4S. The third-order valence-corrected chi connectivity index (χ3v) is 6.36. The molecule has 4 aromatic rings. The van der Waals surface area contributed by atoms with Gasteiger partial charge in [-0.15, -0.1) is 11.3 Å². The maximum absolute atomic E-state index is 11.0. The Balaban J connectivity index is 1.32. The van der Waals surface area contributed by atoms with E-state index in [0.29, 0.717) is 18.7 Å². The minimum Gasteiger partial charge on any atom is -0.487 e. The molecule has 0 saturated carbocycles. The Morgan fingerprint density at radius 2 is 1.60 bits per heavy atom. The van der Waals surface area contributed by atoms with Crippen LogP contribution in [0.3, 0.4) is 0 Å². The Morgan fingerprint density at radius 3 is 2.29 bits per heavy atom. The molecule has 0 radical (unpaired) electrons. The molecule has 7 heteroatoms. The molecule has 178 valence electrons. The number of hydrogen-bond acceptors (Lipinski definition) is 6. The third-order valence-electron chi connectivity index (χ3n) is 5.30. The number of ether oxygens (including phenoxy) is 1. The first-order chi connectivity index (χ1) is 17.1. The summed E-state index contributed by atoms with van der Waals surface area (Å²) in [5, 5.41) is 14.2. The molecule has 35 heavy (non-hydrogen) atoms. The number of thiazole rings is 1. The Labute approximate surface area is 208 Å². The van der Waals surface area contributed by atoms with Gasteiger partial charge in [0.1, 0.15) is 24.0 Å². The zero-order valence-electron chi connectivity index (χ0n) is 19.4. The summed E-state index contributed by atoms with van der Waals surface area (Å²) in [6.07, 6.45) is 0.294. The Bertz CT molecular complexity index is 1270. The number of aryl methyl sites for hydroxylation is 1. The lowest BCUT2D eigenvalue weighted by molar-refractivity contribution is -0.136. The van der Waals surface area contributed by atoms with Gasteiger partial charge < -0.3 is 14.7 Å². The number of aromatic nitrogens is 1. The molecule has 1 N–H and O–H groups in total. The van der Waals surface area contributed by atoms with Crippen molar-refractivity contribution in [2.24, 2.45) is 5.16 Å². The Kier molecular flexibility index (Phi) is 8.25. The number of aliphatic carboxylic acids is 1. The molecule has 0 aliphatic heterocycles. The third kappa shape index (κ3) is 7.01. The summed E-state index contributed by atoms with van der Waals surface area (Å²) in [4.78, 5) is 22.4. The molecular weight excluding hydrogens is 460 g/mol. The second-order valence-corrected chi connectivity index (χ2v) is 9.09. The molecule has 0 aliphatic carbocycles. The van der Waals surface area contributed by atoms with Crippen molar-refractivity contribution in [3.8, 4) is 16.3 Å². The average molecular weight is 487 g/mol. The molecule has 0 unspecified atom stereocenters. The zero-order valence-corrected chi connectivity index (χ0v) is 20.2. The van der Waals surface area contributed by atoms with Gasteiger partial charge in [0.25, 0.3) is 0 Å². The van der Waals surface area contributed by atoms with Gasteiger partial charge in [-0.05, 0) is 30.2 Å². The fourth-order valence-electron chi connectivity index (χ4n) is 3.38. The van der Waals surface area contributed by atoms with E-state index in [2.05, 4.69) is 24.2 Å². The number of rotatable bonds is 11. The van der Waals surface area contributed by atoms with Crippen molar-refractivity contribution in [3.63, 3.8) is 0 Å². The molecule has 0 atom stereocenters. The van der Waals surface area contributed by atoms with E-state index in [4.69, 9.17) is 19.7 Å². The highest BCUT2D eigenvalue weighted by Gasteiger charge is 2.10. The Morgan fingerprint density at radius 1 is 0.914 bits per heavy atom. The SMILES string of the molecule is Cc1sc(-c2ccccc2)nc1COc1ccc(CO/N=C(\CCC(=O)O)c2ccccc2)cc1. The van der Waals surface area contributed by atoms with Crippen LogP contribution in [0.15, 0.2) is 90.1 Å². The van der Waals surface area contributed by atoms with Gasteiger partial charge in [-0.3, -0.25) is 4.79 Å². The fourth-order valence-corrected chi connectivity index (χ4v) is 4.31. The van der Waals surface area contributed by atoms with E-state index >= 15 is 0 Å². The number of carboxylic acid groups (broad SMARTS) is 1. The molecule has 0 saturated heterocycles. The highest BCUT2D eigenvalue weighted by Crippen LogP contribution is 2.28. The maximum Gasteiger partial charge on any atom is 0.303 e. The van der Waals surface area contributed by atoms with Gasteiger partial charge >= 0.3 is 5.97 Å². The van der Waals surface area contributed by atoms with Gasteiger partial charge in [0.15, 0.2) is 0 Å². The van der Waals surface area contributed by atoms with Crippen LogP contribution in [-0.2, 0) is 22.8 Å². The van der Waals surface area contributed by atoms with Crippen molar-refractivity contribution < 1.29 is 19.5 Å². The summed E-state index contributed by atoms with van der Waals surface area (Å²) in [6.45, 7) is 2.73. The van der Waals surface area contributed by atoms with E-state index < -0.39 is 5.97 Å². The number of hydrogen-bond donors (Lipinski definition) is 1. The highest BCUT2D eigenvalue weighted by molar-refractivity contribution is 7.15. The molecule has 0 bridgehead atoms. The van der Waals surface area contributed by atoms with Crippen LogP contribution in [0.1, 0.15) is 34.5 Å². The second kappa shape index (κ2) is 11.9. The van der Waals surface area contributed by atoms with Crippen LogP contribution in [0, 0.1) is 6.92 Å². The van der Waals surface area contributed by atoms with Gasteiger partial charge in [0.05, 0.1) is 17.8 Å². The van der Waals surface area contributed by atoms with Crippen LogP contribution in [0.5, 0.6) is 5.75 Å². The van der Waals surface area contributed by atoms with Crippen molar-refractivity contribution in [1.29, 1.82) is 0 Å². The summed E-state index contributed by atoms with van der Waals surface area (Å²) >= 11 is 1.67. The van der Waals surface area contributed by atoms with Gasteiger partial charge in [-0.1, -0.05) is 78.0 Å². The van der Waals surface area contributed by atoms with E-state index in [1.807, 2.05) is 72.8 Å². The molecule has 0 amide bonds. The van der Waals surface area contributed by atoms with Crippen molar-refractivity contribution in [2.75, 3.05) is 0 Å². The number of oxime groups is 1. The van der Waals surface area contributed by atoms with Crippen molar-refractivity contribution >= 4 is 23.0 Å². The topological polar surface area (TPSA) is 81.0 Å². The van der Waals surface area contributed by atoms with Gasteiger partial charge in [-0.2, -0.15) is 0 Å². The maximum atomic E-state index is 11.0. The van der Waals surface area contributed by atoms with Crippen LogP contribution >= 0.6 is 11.3 Å². The molecule has 1 heterocycles. The number of nitrogens with zero attached hydrogens (tertiary/aromatic N) is 2. The van der Waals surface area contributed by atoms with E-state index in [1.165, 1.54) is 0 Å². The van der Waals surface area contributed by atoms with E-state index in [-0.39, 0.29) is 13.0 Å². The van der Waals surface area contributed by atoms with E-state index in [0.717, 1.165) is 38.0 Å². The smallest absolute Gasteiger partial charge is 0.303 e. The fraction of sp³-hybridized carbons (Fsp3) is 0.179. The monoisotopic (exact) mass is 486 g/mol. The van der Waals surface area contributed by atoms with Crippen LogP contribution in [0.2, 0.25) is 0 Å². The van der Waals surface area contributed by atoms with E-state index in [9.17, 15) is 4.79 Å². The van der Waals surface area contributed by atoms with Crippen molar-refractivity contribution in [3.05, 3.63) is 107 Å². The first-order valence-electron chi connectivity index (χ1n) is 11.3. The second-order valence-electron chi connectivity index (χ2n) is 7.89. The van der Waals surface area contributed by atoms with Crippen LogP contribution in [0.4, 0.5) is 0 Å². The predicted molar refractivity (Wildman–Crippen MR) is 138 cm³/mol. The van der Waals surface area contributed by atoms with Gasteiger partial charge in [0, 0.05) is 16.9 Å². The quantitative estimate of drug-likeness (QED) is 0.194. The predicted octanol–water partition coefficient (Wildman–Crippen LogP) is 6.48. The minimum absolute atomic E-state index is 0.00553. The van der Waals surface area contributed by atoms with Crippen molar-refractivity contribution in [1.82, 2.24) is 4.98 Å². The van der Waals surface area contributed by atoms with Gasteiger partial charge in [0.2, 0.25) is 0 Å². The number of carbonyl (C=O) groups is 1. The summed E-state index contributed by atoms with van der Waals surface area (Å²) < 4.78 is 5.95. The van der Waals surface area contributed by atoms with Crippen LogP contribution < -0.4 is 4.74 Å². The highest BCUT2D eigenvalue weighted by atomic mass is 32.1. The molecule has 0 fully saturated rings. The molecule has 0 spiro atoms. The molecule has 3 aromatic carbocycles. The first kappa shape index (κ1) is 24.2. The minimum atomic E-state index is -0.867. The largest absolute Gasteiger partial charge is 0.487 e. The normalized spacial score (nSPS) is 11.3. The summed E-state index contributed by atoms with van der Waals surface area (Å²) in [5.41, 5.74) is 4.44. The van der Waals surface area contributed by atoms with Crippen molar-refractivity contribution in [2.45, 2.75) is 33.0 Å². The summed E-state index contributed by atoms with van der Waals surface area (Å²) in [7, 11) is 0. The molecule has 4 rings (SSSR count). The summed E-state index contributed by atoms with van der Waals surface area (Å²) in [6, 6.07) is 27.2. The molecule has 6 nitrogen and oxygen atoms in total. The lowest BCUT2D eigenvalue weighted by Gasteiger charge is -2.08. The standard InChI is InChI=1S/C28H26N2O4S/c1-20-26(29-28(35-20)23-10-6-3-7-11-23)19-33-24-14-12-21(13-15-24)18-34-30-25(16-17-27(31)32)22-8-4-2-5-9-22/h2-15H,16-19H2,1H3,(H,31,32)/b30-25+. The lowest BCUT2D eigenvalue weighted by Crippen LogP contribution is -2.06. The Hall–Kier alpha value is -3.97. The number of benzene rings is 3. The van der Waals surface area contributed by atoms with Crippen LogP contribution in [0.25, 0.3) is 10.6 Å². The lowest BCUT2D eigenvalue weighted by atomic mass is 10.1. The zero-order chi connectivity index (χ0) is 24.5. The van der Waals surface area contributed by atoms with Crippen LogP contribution in [-0.4, -0.2) is 21.8 Å². The average Bonchev–Trinajstić information content (AvgIpc) is 3.27. The van der Waals surface area contributed by atoms with E-state index in [1.54, 1.807) is 11.3 Å². The summed E-state index contributed by atoms with van der Waals surface area (Å²) in [5.74, 6) is -0.120. The molecule has 1 aromatic heterocycles. The first-order valence-corrected chi connectivity index (χ1v) is 12.1.